The van der Waals surface area contributed by atoms with Crippen LogP contribution in [0.1, 0.15) is 6.92 Å². The summed E-state index contributed by atoms with van der Waals surface area (Å²) in [5.74, 6) is 0. The van der Waals surface area contributed by atoms with E-state index in [2.05, 4.69) is 0 Å². The van der Waals surface area contributed by atoms with E-state index in [1.54, 1.807) is 7.11 Å². The highest BCUT2D eigenvalue weighted by molar-refractivity contribution is 4.75. The van der Waals surface area contributed by atoms with Crippen LogP contribution in [0.3, 0.4) is 0 Å². The second-order valence-electron chi connectivity index (χ2n) is 2.31. The summed E-state index contributed by atoms with van der Waals surface area (Å²) in [7, 11) is 1.69. The van der Waals surface area contributed by atoms with Crippen molar-refractivity contribution < 1.29 is 14.2 Å². The van der Waals surface area contributed by atoms with Crippen molar-refractivity contribution >= 4 is 0 Å². The Morgan fingerprint density at radius 1 is 1.40 bits per heavy atom. The summed E-state index contributed by atoms with van der Waals surface area (Å²) in [5, 5.41) is 0. The maximum atomic E-state index is 5.36. The molecule has 60 valence electrons. The molecule has 0 radical (unpaired) electrons. The zero-order valence-electron chi connectivity index (χ0n) is 6.50. The maximum absolute atomic E-state index is 5.36. The standard InChI is InChI=1S/C7H14O3/c1-3-10-7-5-9-4-6(7)8-2/h6-7H,3-5H2,1-2H3/t6-,7-/m1/s1. The Morgan fingerprint density at radius 3 is 2.70 bits per heavy atom. The molecule has 1 fully saturated rings. The summed E-state index contributed by atoms with van der Waals surface area (Å²) in [5.41, 5.74) is 0. The van der Waals surface area contributed by atoms with Crippen LogP contribution in [0.4, 0.5) is 0 Å². The first-order valence-electron chi connectivity index (χ1n) is 3.60. The van der Waals surface area contributed by atoms with Crippen molar-refractivity contribution in [1.29, 1.82) is 0 Å². The third kappa shape index (κ3) is 1.68. The largest absolute Gasteiger partial charge is 0.376 e. The van der Waals surface area contributed by atoms with Gasteiger partial charge in [-0.05, 0) is 6.92 Å². The molecule has 1 aliphatic rings. The molecule has 0 aromatic rings. The van der Waals surface area contributed by atoms with E-state index < -0.39 is 0 Å². The normalized spacial score (nSPS) is 33.0. The highest BCUT2D eigenvalue weighted by Gasteiger charge is 2.28. The van der Waals surface area contributed by atoms with Crippen molar-refractivity contribution in [3.05, 3.63) is 0 Å². The molecular formula is C7H14O3. The Hall–Kier alpha value is -0.120. The molecule has 2 atom stereocenters. The van der Waals surface area contributed by atoms with Crippen LogP contribution in [0.2, 0.25) is 0 Å². The first-order chi connectivity index (χ1) is 4.88. The van der Waals surface area contributed by atoms with Crippen molar-refractivity contribution in [3.8, 4) is 0 Å². The quantitative estimate of drug-likeness (QED) is 0.578. The molecule has 1 saturated heterocycles. The predicted octanol–water partition coefficient (Wildman–Crippen LogP) is 0.437. The zero-order valence-corrected chi connectivity index (χ0v) is 6.50. The van der Waals surface area contributed by atoms with E-state index in [0.717, 1.165) is 6.61 Å². The molecule has 1 rings (SSSR count). The van der Waals surface area contributed by atoms with Gasteiger partial charge in [-0.2, -0.15) is 0 Å². The molecule has 0 unspecified atom stereocenters. The Balaban J connectivity index is 2.27. The highest BCUT2D eigenvalue weighted by atomic mass is 16.6. The molecule has 0 aromatic heterocycles. The fourth-order valence-corrected chi connectivity index (χ4v) is 1.10. The SMILES string of the molecule is CCO[C@@H]1COC[C@H]1OC. The van der Waals surface area contributed by atoms with E-state index in [0.29, 0.717) is 13.2 Å². The van der Waals surface area contributed by atoms with Crippen LogP contribution in [-0.4, -0.2) is 39.1 Å². The second kappa shape index (κ2) is 3.91. The van der Waals surface area contributed by atoms with Gasteiger partial charge in [-0.15, -0.1) is 0 Å². The summed E-state index contributed by atoms with van der Waals surface area (Å²) < 4.78 is 15.6. The summed E-state index contributed by atoms with van der Waals surface area (Å²) in [6, 6.07) is 0. The minimum atomic E-state index is 0.139. The summed E-state index contributed by atoms with van der Waals surface area (Å²) in [6.07, 6.45) is 0.287. The van der Waals surface area contributed by atoms with Gasteiger partial charge < -0.3 is 14.2 Å². The van der Waals surface area contributed by atoms with E-state index in [-0.39, 0.29) is 12.2 Å². The second-order valence-corrected chi connectivity index (χ2v) is 2.31. The van der Waals surface area contributed by atoms with E-state index >= 15 is 0 Å². The van der Waals surface area contributed by atoms with Crippen LogP contribution in [0.5, 0.6) is 0 Å². The third-order valence-electron chi connectivity index (χ3n) is 1.66. The fourth-order valence-electron chi connectivity index (χ4n) is 1.10. The monoisotopic (exact) mass is 146 g/mol. The van der Waals surface area contributed by atoms with E-state index in [4.69, 9.17) is 14.2 Å². The maximum Gasteiger partial charge on any atom is 0.109 e. The molecule has 0 spiro atoms. The Labute approximate surface area is 61.3 Å². The van der Waals surface area contributed by atoms with Crippen molar-refractivity contribution in [2.75, 3.05) is 26.9 Å². The van der Waals surface area contributed by atoms with Gasteiger partial charge in [-0.25, -0.2) is 0 Å². The number of hydrogen-bond acceptors (Lipinski definition) is 3. The van der Waals surface area contributed by atoms with E-state index in [1.165, 1.54) is 0 Å². The summed E-state index contributed by atoms with van der Waals surface area (Å²) >= 11 is 0. The Kier molecular flexibility index (Phi) is 3.12. The highest BCUT2D eigenvalue weighted by Crippen LogP contribution is 2.11. The van der Waals surface area contributed by atoms with Crippen molar-refractivity contribution in [3.63, 3.8) is 0 Å². The van der Waals surface area contributed by atoms with Crippen molar-refractivity contribution in [2.45, 2.75) is 19.1 Å². The fraction of sp³-hybridized carbons (Fsp3) is 1.00. The van der Waals surface area contributed by atoms with Crippen LogP contribution >= 0.6 is 0 Å². The average molecular weight is 146 g/mol. The van der Waals surface area contributed by atoms with Crippen LogP contribution in [-0.2, 0) is 14.2 Å². The summed E-state index contributed by atoms with van der Waals surface area (Å²) in [6.45, 7) is 4.05. The van der Waals surface area contributed by atoms with Crippen LogP contribution in [0.15, 0.2) is 0 Å². The molecule has 0 amide bonds. The van der Waals surface area contributed by atoms with Crippen molar-refractivity contribution in [2.24, 2.45) is 0 Å². The minimum Gasteiger partial charge on any atom is -0.376 e. The van der Waals surface area contributed by atoms with Crippen LogP contribution < -0.4 is 0 Å². The molecule has 0 bridgehead atoms. The Morgan fingerprint density at radius 2 is 2.10 bits per heavy atom. The van der Waals surface area contributed by atoms with Crippen LogP contribution in [0.25, 0.3) is 0 Å². The van der Waals surface area contributed by atoms with Gasteiger partial charge in [0.2, 0.25) is 0 Å². The molecule has 1 heterocycles. The molecule has 3 heteroatoms. The molecule has 0 saturated carbocycles. The molecule has 1 aliphatic heterocycles. The molecule has 0 N–H and O–H groups in total. The first-order valence-corrected chi connectivity index (χ1v) is 3.60. The number of ether oxygens (including phenoxy) is 3. The minimum absolute atomic E-state index is 0.139. The third-order valence-corrected chi connectivity index (χ3v) is 1.66. The lowest BCUT2D eigenvalue weighted by Crippen LogP contribution is -2.28. The van der Waals surface area contributed by atoms with Gasteiger partial charge in [0.1, 0.15) is 12.2 Å². The summed E-state index contributed by atoms with van der Waals surface area (Å²) in [4.78, 5) is 0. The van der Waals surface area contributed by atoms with Gasteiger partial charge in [-0.3, -0.25) is 0 Å². The Bertz CT molecular complexity index is 94.9. The molecule has 0 aromatic carbocycles. The van der Waals surface area contributed by atoms with Gasteiger partial charge >= 0.3 is 0 Å². The molecule has 0 aliphatic carbocycles. The molecule has 10 heavy (non-hydrogen) atoms. The van der Waals surface area contributed by atoms with Gasteiger partial charge in [0, 0.05) is 13.7 Å². The zero-order chi connectivity index (χ0) is 7.40. The average Bonchev–Trinajstić information content (AvgIpc) is 2.36. The van der Waals surface area contributed by atoms with Crippen molar-refractivity contribution in [1.82, 2.24) is 0 Å². The van der Waals surface area contributed by atoms with Gasteiger partial charge in [0.05, 0.1) is 13.2 Å². The lowest BCUT2D eigenvalue weighted by molar-refractivity contribution is -0.0234. The first kappa shape index (κ1) is 7.98. The predicted molar refractivity (Wildman–Crippen MR) is 37.0 cm³/mol. The smallest absolute Gasteiger partial charge is 0.109 e. The number of rotatable bonds is 3. The van der Waals surface area contributed by atoms with Gasteiger partial charge in [0.15, 0.2) is 0 Å². The van der Waals surface area contributed by atoms with E-state index in [9.17, 15) is 0 Å². The topological polar surface area (TPSA) is 27.7 Å². The van der Waals surface area contributed by atoms with Gasteiger partial charge in [-0.1, -0.05) is 0 Å². The lowest BCUT2D eigenvalue weighted by atomic mass is 10.2. The molecular weight excluding hydrogens is 132 g/mol. The van der Waals surface area contributed by atoms with Crippen LogP contribution in [0, 0.1) is 0 Å². The number of hydrogen-bond donors (Lipinski definition) is 0. The van der Waals surface area contributed by atoms with Gasteiger partial charge in [0.25, 0.3) is 0 Å². The lowest BCUT2D eigenvalue weighted by Gasteiger charge is -2.14. The number of methoxy groups -OCH3 is 1. The van der Waals surface area contributed by atoms with E-state index in [1.807, 2.05) is 6.92 Å². The molecule has 3 nitrogen and oxygen atoms in total.